The zero-order chi connectivity index (χ0) is 23.4. The van der Waals surface area contributed by atoms with Gasteiger partial charge in [-0.1, -0.05) is 6.08 Å². The summed E-state index contributed by atoms with van der Waals surface area (Å²) < 4.78 is 16.4. The second-order valence-electron chi connectivity index (χ2n) is 8.45. The number of fused-ring (bicyclic) bond motifs is 4. The summed E-state index contributed by atoms with van der Waals surface area (Å²) in [7, 11) is 1.55. The molecule has 34 heavy (non-hydrogen) atoms. The summed E-state index contributed by atoms with van der Waals surface area (Å²) in [6.45, 7) is 0.833. The highest BCUT2D eigenvalue weighted by molar-refractivity contribution is 6.24. The molecule has 0 aliphatic carbocycles. The molecule has 2 fully saturated rings. The Balaban J connectivity index is 1.38. The van der Waals surface area contributed by atoms with Crippen LogP contribution in [0.5, 0.6) is 17.2 Å². The number of imide groups is 1. The van der Waals surface area contributed by atoms with Gasteiger partial charge in [-0.3, -0.25) is 19.4 Å². The number of hydrogen-bond donors (Lipinski definition) is 0. The topological polar surface area (TPSA) is 97.7 Å². The molecule has 0 N–H and O–H groups in total. The van der Waals surface area contributed by atoms with Crippen LogP contribution in [0.1, 0.15) is 10.4 Å². The monoisotopic (exact) mass is 459 g/mol. The molecule has 4 atom stereocenters. The highest BCUT2D eigenvalue weighted by atomic mass is 16.6. The maximum atomic E-state index is 13.7. The number of methoxy groups -OCH3 is 1. The molecule has 0 spiro atoms. The lowest BCUT2D eigenvalue weighted by molar-refractivity contribution is -0.123. The maximum Gasteiger partial charge on any atom is 0.240 e. The normalized spacial score (nSPS) is 26.5. The minimum absolute atomic E-state index is 0.266. The predicted molar refractivity (Wildman–Crippen MR) is 121 cm³/mol. The average molecular weight is 459 g/mol. The van der Waals surface area contributed by atoms with Crippen LogP contribution in [0.3, 0.4) is 0 Å². The molecule has 0 saturated carbocycles. The van der Waals surface area contributed by atoms with E-state index < -0.39 is 29.8 Å². The van der Waals surface area contributed by atoms with Crippen molar-refractivity contribution in [2.45, 2.75) is 12.1 Å². The molecular formula is C25H21N3O6. The highest BCUT2D eigenvalue weighted by Crippen LogP contribution is 2.47. The van der Waals surface area contributed by atoms with E-state index in [9.17, 15) is 14.4 Å². The molecule has 2 aromatic carbocycles. The summed E-state index contributed by atoms with van der Waals surface area (Å²) in [5.41, 5.74) is 0.826. The number of Topliss-reactive ketones (excluding diaryl/α,β-unsaturated/α-hetero) is 1. The predicted octanol–water partition coefficient (Wildman–Crippen LogP) is 2.06. The first-order valence-corrected chi connectivity index (χ1v) is 11.0. The van der Waals surface area contributed by atoms with E-state index in [1.54, 1.807) is 66.9 Å². The molecule has 2 saturated heterocycles. The van der Waals surface area contributed by atoms with Gasteiger partial charge in [-0.2, -0.15) is 5.10 Å². The van der Waals surface area contributed by atoms with Crippen molar-refractivity contribution in [2.24, 2.45) is 16.9 Å². The van der Waals surface area contributed by atoms with Gasteiger partial charge in [0.15, 0.2) is 17.3 Å². The summed E-state index contributed by atoms with van der Waals surface area (Å²) >= 11 is 0. The molecule has 6 rings (SSSR count). The Hall–Kier alpha value is -4.14. The number of ether oxygens (including phenoxy) is 3. The van der Waals surface area contributed by atoms with Gasteiger partial charge in [0, 0.05) is 17.8 Å². The number of rotatable bonds is 4. The fourth-order valence-electron chi connectivity index (χ4n) is 5.19. The van der Waals surface area contributed by atoms with Gasteiger partial charge >= 0.3 is 0 Å². The number of nitrogens with zero attached hydrogens (tertiary/aromatic N) is 3. The van der Waals surface area contributed by atoms with Crippen molar-refractivity contribution < 1.29 is 28.6 Å². The summed E-state index contributed by atoms with van der Waals surface area (Å²) in [5.74, 6) is -0.951. The van der Waals surface area contributed by atoms with Gasteiger partial charge in [0.1, 0.15) is 25.0 Å². The van der Waals surface area contributed by atoms with Crippen LogP contribution < -0.4 is 19.1 Å². The molecule has 0 bridgehead atoms. The van der Waals surface area contributed by atoms with Gasteiger partial charge in [-0.05, 0) is 42.5 Å². The van der Waals surface area contributed by atoms with Crippen LogP contribution in [-0.2, 0) is 9.59 Å². The Morgan fingerprint density at radius 2 is 1.74 bits per heavy atom. The summed E-state index contributed by atoms with van der Waals surface area (Å²) in [6.07, 6.45) is 5.13. The molecule has 172 valence electrons. The van der Waals surface area contributed by atoms with E-state index in [-0.39, 0.29) is 11.7 Å². The largest absolute Gasteiger partial charge is 0.497 e. The number of ketones is 1. The van der Waals surface area contributed by atoms with E-state index in [2.05, 4.69) is 5.10 Å². The number of benzene rings is 2. The van der Waals surface area contributed by atoms with Gasteiger partial charge in [0.05, 0.1) is 30.7 Å². The minimum Gasteiger partial charge on any atom is -0.497 e. The van der Waals surface area contributed by atoms with Crippen LogP contribution in [0.25, 0.3) is 0 Å². The second-order valence-corrected chi connectivity index (χ2v) is 8.45. The number of carbonyl (C=O) groups excluding carboxylic acids is 3. The Morgan fingerprint density at radius 3 is 2.50 bits per heavy atom. The quantitative estimate of drug-likeness (QED) is 0.510. The van der Waals surface area contributed by atoms with Crippen molar-refractivity contribution in [1.82, 2.24) is 5.01 Å². The molecule has 0 radical (unpaired) electrons. The maximum absolute atomic E-state index is 13.7. The third kappa shape index (κ3) is 2.93. The lowest BCUT2D eigenvalue weighted by atomic mass is 9.86. The number of amides is 2. The van der Waals surface area contributed by atoms with Gasteiger partial charge in [-0.25, -0.2) is 4.90 Å². The van der Waals surface area contributed by atoms with Gasteiger partial charge in [0.25, 0.3) is 0 Å². The van der Waals surface area contributed by atoms with Gasteiger partial charge < -0.3 is 14.2 Å². The first-order valence-electron chi connectivity index (χ1n) is 11.0. The minimum atomic E-state index is -0.900. The third-order valence-electron chi connectivity index (χ3n) is 6.72. The lowest BCUT2D eigenvalue weighted by Gasteiger charge is -2.30. The van der Waals surface area contributed by atoms with Crippen molar-refractivity contribution in [3.8, 4) is 17.2 Å². The summed E-state index contributed by atoms with van der Waals surface area (Å²) in [6, 6.07) is 10.3. The number of anilines is 1. The Morgan fingerprint density at radius 1 is 1.00 bits per heavy atom. The van der Waals surface area contributed by atoms with E-state index in [1.807, 2.05) is 6.08 Å². The zero-order valence-electron chi connectivity index (χ0n) is 18.3. The number of hydrazone groups is 1. The molecular weight excluding hydrogens is 438 g/mol. The first-order chi connectivity index (χ1) is 16.6. The molecule has 9 heteroatoms. The molecule has 0 unspecified atom stereocenters. The summed E-state index contributed by atoms with van der Waals surface area (Å²) in [5, 5.41) is 5.97. The Bertz CT molecular complexity index is 1250. The molecule has 4 aliphatic heterocycles. The Kier molecular flexibility index (Phi) is 4.65. The van der Waals surface area contributed by atoms with E-state index >= 15 is 0 Å². The number of carbonyl (C=O) groups is 3. The van der Waals surface area contributed by atoms with E-state index in [0.717, 1.165) is 0 Å². The Labute approximate surface area is 195 Å². The van der Waals surface area contributed by atoms with Gasteiger partial charge in [-0.15, -0.1) is 0 Å². The van der Waals surface area contributed by atoms with Crippen LogP contribution in [-0.4, -0.2) is 61.2 Å². The van der Waals surface area contributed by atoms with Crippen molar-refractivity contribution in [3.05, 3.63) is 60.2 Å². The lowest BCUT2D eigenvalue weighted by Crippen LogP contribution is -2.46. The van der Waals surface area contributed by atoms with Crippen LogP contribution in [0, 0.1) is 11.8 Å². The number of allylic oxidation sites excluding steroid dienone is 1. The van der Waals surface area contributed by atoms with Crippen molar-refractivity contribution in [3.63, 3.8) is 0 Å². The van der Waals surface area contributed by atoms with E-state index in [4.69, 9.17) is 14.2 Å². The van der Waals surface area contributed by atoms with Crippen LogP contribution in [0.4, 0.5) is 5.69 Å². The fourth-order valence-corrected chi connectivity index (χ4v) is 5.19. The van der Waals surface area contributed by atoms with Crippen LogP contribution in [0.15, 0.2) is 59.7 Å². The average Bonchev–Trinajstić information content (AvgIpc) is 3.35. The fraction of sp³-hybridized carbons (Fsp3) is 0.280. The summed E-state index contributed by atoms with van der Waals surface area (Å²) in [4.78, 5) is 42.1. The van der Waals surface area contributed by atoms with Crippen molar-refractivity contribution >= 4 is 29.5 Å². The molecule has 4 aliphatic rings. The molecule has 4 heterocycles. The van der Waals surface area contributed by atoms with E-state index in [1.165, 1.54) is 4.90 Å². The standard InChI is InChI=1S/C25H21N3O6/c1-32-16-7-4-14(5-8-16)23(29)22-21-20(17-3-2-10-26-28(17)22)24(30)27(25(21)31)15-6-9-18-19(13-15)34-12-11-33-18/h2-10,13,17,20-22H,11-12H2,1H3/t17-,20+,21+,22-/m1/s1. The highest BCUT2D eigenvalue weighted by Gasteiger charge is 2.64. The molecule has 2 aromatic rings. The van der Waals surface area contributed by atoms with Crippen LogP contribution >= 0.6 is 0 Å². The molecule has 9 nitrogen and oxygen atoms in total. The molecule has 2 amide bonds. The van der Waals surface area contributed by atoms with Crippen molar-refractivity contribution in [1.29, 1.82) is 0 Å². The van der Waals surface area contributed by atoms with Gasteiger partial charge in [0.2, 0.25) is 11.8 Å². The second kappa shape index (κ2) is 7.72. The third-order valence-corrected chi connectivity index (χ3v) is 6.72. The smallest absolute Gasteiger partial charge is 0.240 e. The van der Waals surface area contributed by atoms with E-state index in [0.29, 0.717) is 41.7 Å². The SMILES string of the molecule is COc1ccc(C(=O)[C@H]2[C@H]3C(=O)N(c4ccc5c(c4)OCCO5)C(=O)[C@H]3[C@H]3C=CC=NN32)cc1. The number of hydrogen-bond acceptors (Lipinski definition) is 8. The first kappa shape index (κ1) is 20.5. The van der Waals surface area contributed by atoms with Crippen molar-refractivity contribution in [2.75, 3.05) is 25.2 Å². The molecule has 0 aromatic heterocycles. The van der Waals surface area contributed by atoms with Crippen LogP contribution in [0.2, 0.25) is 0 Å². The zero-order valence-corrected chi connectivity index (χ0v) is 18.3.